The third kappa shape index (κ3) is 2.46. The van der Waals surface area contributed by atoms with Crippen molar-refractivity contribution in [2.45, 2.75) is 13.0 Å². The van der Waals surface area contributed by atoms with E-state index in [0.717, 1.165) is 25.2 Å². The molecule has 3 aromatic rings. The number of rotatable bonds is 3. The summed E-state index contributed by atoms with van der Waals surface area (Å²) < 4.78 is 2.07. The number of imidazole rings is 1. The molecule has 0 radical (unpaired) electrons. The number of nitrogens with zero attached hydrogens (tertiary/aromatic N) is 3. The minimum Gasteiger partial charge on any atom is -0.333 e. The zero-order chi connectivity index (χ0) is 14.8. The average Bonchev–Trinajstić information content (AvgIpc) is 3.08. The van der Waals surface area contributed by atoms with Gasteiger partial charge in [-0.2, -0.15) is 0 Å². The van der Waals surface area contributed by atoms with Crippen LogP contribution in [0.4, 0.5) is 0 Å². The van der Waals surface area contributed by atoms with Gasteiger partial charge in [-0.05, 0) is 17.5 Å². The second-order valence-electron chi connectivity index (χ2n) is 5.57. The van der Waals surface area contributed by atoms with Gasteiger partial charge >= 0.3 is 0 Å². The summed E-state index contributed by atoms with van der Waals surface area (Å²) >= 11 is 0. The minimum atomic E-state index is 0.851. The molecule has 0 fully saturated rings. The number of aliphatic imine (C=N–C) groups is 1. The molecular weight excluding hydrogens is 270 g/mol. The summed E-state index contributed by atoms with van der Waals surface area (Å²) in [5.74, 6) is 0. The first-order chi connectivity index (χ1) is 10.9. The van der Waals surface area contributed by atoms with E-state index in [1.54, 1.807) is 0 Å². The maximum Gasteiger partial charge on any atom is 0.0949 e. The average molecular weight is 287 g/mol. The SMILES string of the molecule is c1ccc2c(c1)CCN=C2c1ccc(Cn2ccnc2)cc1. The molecule has 1 aliphatic rings. The van der Waals surface area contributed by atoms with Crippen LogP contribution in [0.3, 0.4) is 0 Å². The van der Waals surface area contributed by atoms with Gasteiger partial charge in [0, 0.05) is 36.6 Å². The van der Waals surface area contributed by atoms with Crippen molar-refractivity contribution in [1.29, 1.82) is 0 Å². The molecule has 0 bridgehead atoms. The molecule has 2 heterocycles. The van der Waals surface area contributed by atoms with Gasteiger partial charge in [-0.1, -0.05) is 48.5 Å². The Morgan fingerprint density at radius 1 is 1.00 bits per heavy atom. The van der Waals surface area contributed by atoms with Crippen LogP contribution in [0.2, 0.25) is 0 Å². The Labute approximate surface area is 130 Å². The lowest BCUT2D eigenvalue weighted by atomic mass is 9.93. The minimum absolute atomic E-state index is 0.851. The van der Waals surface area contributed by atoms with Crippen molar-refractivity contribution < 1.29 is 0 Å². The zero-order valence-corrected chi connectivity index (χ0v) is 12.3. The topological polar surface area (TPSA) is 30.2 Å². The fraction of sp³-hybridized carbons (Fsp3) is 0.158. The normalized spacial score (nSPS) is 13.5. The molecule has 0 atom stereocenters. The summed E-state index contributed by atoms with van der Waals surface area (Å²) in [4.78, 5) is 8.83. The van der Waals surface area contributed by atoms with Crippen LogP contribution in [0.15, 0.2) is 72.2 Å². The lowest BCUT2D eigenvalue weighted by molar-refractivity contribution is 0.797. The molecule has 0 saturated carbocycles. The Morgan fingerprint density at radius 3 is 2.68 bits per heavy atom. The number of fused-ring (bicyclic) bond motifs is 1. The fourth-order valence-corrected chi connectivity index (χ4v) is 2.95. The second kappa shape index (κ2) is 5.60. The van der Waals surface area contributed by atoms with Crippen LogP contribution in [0, 0.1) is 0 Å². The molecule has 0 N–H and O–H groups in total. The molecule has 0 amide bonds. The molecule has 0 saturated heterocycles. The molecule has 1 aromatic heterocycles. The summed E-state index contributed by atoms with van der Waals surface area (Å²) in [5, 5.41) is 0. The van der Waals surface area contributed by atoms with Crippen LogP contribution in [0.5, 0.6) is 0 Å². The molecular formula is C19H17N3. The van der Waals surface area contributed by atoms with E-state index in [0.29, 0.717) is 0 Å². The lowest BCUT2D eigenvalue weighted by Crippen LogP contribution is -2.14. The molecule has 0 aliphatic carbocycles. The summed E-state index contributed by atoms with van der Waals surface area (Å²) in [6.45, 7) is 1.73. The van der Waals surface area contributed by atoms with E-state index in [4.69, 9.17) is 4.99 Å². The zero-order valence-electron chi connectivity index (χ0n) is 12.3. The van der Waals surface area contributed by atoms with E-state index in [1.807, 2.05) is 18.7 Å². The lowest BCUT2D eigenvalue weighted by Gasteiger charge is -2.17. The number of hydrogen-bond acceptors (Lipinski definition) is 2. The predicted octanol–water partition coefficient (Wildman–Crippen LogP) is 3.32. The largest absolute Gasteiger partial charge is 0.333 e. The highest BCUT2D eigenvalue weighted by Crippen LogP contribution is 2.20. The predicted molar refractivity (Wildman–Crippen MR) is 88.4 cm³/mol. The number of benzene rings is 2. The Morgan fingerprint density at radius 2 is 1.86 bits per heavy atom. The van der Waals surface area contributed by atoms with E-state index < -0.39 is 0 Å². The van der Waals surface area contributed by atoms with Crippen molar-refractivity contribution in [1.82, 2.24) is 9.55 Å². The third-order valence-electron chi connectivity index (χ3n) is 4.08. The van der Waals surface area contributed by atoms with Crippen molar-refractivity contribution in [2.75, 3.05) is 6.54 Å². The van der Waals surface area contributed by atoms with Gasteiger partial charge in [0.15, 0.2) is 0 Å². The van der Waals surface area contributed by atoms with Gasteiger partial charge < -0.3 is 4.57 Å². The fourth-order valence-electron chi connectivity index (χ4n) is 2.95. The Bertz CT molecular complexity index is 799. The van der Waals surface area contributed by atoms with Gasteiger partial charge in [0.25, 0.3) is 0 Å². The summed E-state index contributed by atoms with van der Waals surface area (Å²) in [7, 11) is 0. The maximum atomic E-state index is 4.75. The second-order valence-corrected chi connectivity index (χ2v) is 5.57. The van der Waals surface area contributed by atoms with Crippen molar-refractivity contribution in [2.24, 2.45) is 4.99 Å². The first kappa shape index (κ1) is 13.0. The van der Waals surface area contributed by atoms with Crippen molar-refractivity contribution in [3.05, 3.63) is 89.5 Å². The summed E-state index contributed by atoms with van der Waals surface area (Å²) in [5.41, 5.74) is 6.26. The Kier molecular flexibility index (Phi) is 3.31. The van der Waals surface area contributed by atoms with Crippen molar-refractivity contribution in [3.63, 3.8) is 0 Å². The van der Waals surface area contributed by atoms with E-state index in [2.05, 4.69) is 58.1 Å². The van der Waals surface area contributed by atoms with Gasteiger partial charge in [0.1, 0.15) is 0 Å². The van der Waals surface area contributed by atoms with Crippen LogP contribution in [-0.4, -0.2) is 21.8 Å². The van der Waals surface area contributed by atoms with Crippen molar-refractivity contribution >= 4 is 5.71 Å². The molecule has 22 heavy (non-hydrogen) atoms. The standard InChI is InChI=1S/C19H17N3/c1-2-4-18-16(3-1)9-10-21-19(18)17-7-5-15(6-8-17)13-22-12-11-20-14-22/h1-8,11-12,14H,9-10,13H2. The monoisotopic (exact) mass is 287 g/mol. The Balaban J connectivity index is 1.62. The Hall–Kier alpha value is -2.68. The molecule has 1 aliphatic heterocycles. The molecule has 4 rings (SSSR count). The highest BCUT2D eigenvalue weighted by molar-refractivity contribution is 6.14. The first-order valence-corrected chi connectivity index (χ1v) is 7.58. The van der Waals surface area contributed by atoms with E-state index >= 15 is 0 Å². The summed E-state index contributed by atoms with van der Waals surface area (Å²) in [6.07, 6.45) is 6.67. The van der Waals surface area contributed by atoms with Gasteiger partial charge in [0.05, 0.1) is 12.0 Å². The van der Waals surface area contributed by atoms with Gasteiger partial charge in [-0.15, -0.1) is 0 Å². The molecule has 0 spiro atoms. The van der Waals surface area contributed by atoms with Crippen LogP contribution in [0.25, 0.3) is 0 Å². The van der Waals surface area contributed by atoms with Crippen LogP contribution in [-0.2, 0) is 13.0 Å². The van der Waals surface area contributed by atoms with Crippen LogP contribution >= 0.6 is 0 Å². The van der Waals surface area contributed by atoms with E-state index in [-0.39, 0.29) is 0 Å². The highest BCUT2D eigenvalue weighted by atomic mass is 15.0. The molecule has 2 aromatic carbocycles. The van der Waals surface area contributed by atoms with E-state index in [9.17, 15) is 0 Å². The highest BCUT2D eigenvalue weighted by Gasteiger charge is 2.14. The first-order valence-electron chi connectivity index (χ1n) is 7.58. The number of aromatic nitrogens is 2. The maximum absolute atomic E-state index is 4.75. The van der Waals surface area contributed by atoms with Gasteiger partial charge in [-0.3, -0.25) is 4.99 Å². The van der Waals surface area contributed by atoms with Crippen molar-refractivity contribution in [3.8, 4) is 0 Å². The van der Waals surface area contributed by atoms with Crippen LogP contribution < -0.4 is 0 Å². The quantitative estimate of drug-likeness (QED) is 0.727. The molecule has 0 unspecified atom stereocenters. The van der Waals surface area contributed by atoms with E-state index in [1.165, 1.54) is 22.3 Å². The molecule has 108 valence electrons. The smallest absolute Gasteiger partial charge is 0.0949 e. The van der Waals surface area contributed by atoms with Gasteiger partial charge in [-0.25, -0.2) is 4.98 Å². The molecule has 3 heteroatoms. The summed E-state index contributed by atoms with van der Waals surface area (Å²) in [6, 6.07) is 17.3. The van der Waals surface area contributed by atoms with Gasteiger partial charge in [0.2, 0.25) is 0 Å². The van der Waals surface area contributed by atoms with Crippen LogP contribution in [0.1, 0.15) is 22.3 Å². The third-order valence-corrected chi connectivity index (χ3v) is 4.08. The molecule has 3 nitrogen and oxygen atoms in total. The number of hydrogen-bond donors (Lipinski definition) is 0.